The molecule has 2 aliphatic rings. The van der Waals surface area contributed by atoms with Gasteiger partial charge in [0, 0.05) is 32.3 Å². The molecule has 0 unspecified atom stereocenters. The molecule has 0 aliphatic heterocycles. The molecule has 3 N–H and O–H groups in total. The summed E-state index contributed by atoms with van der Waals surface area (Å²) < 4.78 is 11.5. The van der Waals surface area contributed by atoms with E-state index in [2.05, 4.69) is 27.9 Å². The van der Waals surface area contributed by atoms with Crippen LogP contribution < -0.4 is 20.7 Å². The Kier molecular flexibility index (Phi) is 13.5. The number of hydrogen-bond donors (Lipinski definition) is 3. The molecule has 2 fully saturated rings. The normalized spacial score (nSPS) is 16.6. The third-order valence-electron chi connectivity index (χ3n) is 5.76. The molecule has 1 aromatic carbocycles. The lowest BCUT2D eigenvalue weighted by Gasteiger charge is -2.21. The first kappa shape index (κ1) is 27.7. The van der Waals surface area contributed by atoms with Gasteiger partial charge in [-0.05, 0) is 63.1 Å². The van der Waals surface area contributed by atoms with Crippen molar-refractivity contribution in [2.24, 2.45) is 4.99 Å². The molecule has 0 heterocycles. The van der Waals surface area contributed by atoms with Crippen molar-refractivity contribution in [3.63, 3.8) is 0 Å². The van der Waals surface area contributed by atoms with Crippen molar-refractivity contribution in [1.29, 1.82) is 0 Å². The Labute approximate surface area is 215 Å². The van der Waals surface area contributed by atoms with Crippen molar-refractivity contribution >= 4 is 35.8 Å². The van der Waals surface area contributed by atoms with Crippen molar-refractivity contribution in [2.75, 3.05) is 32.8 Å². The molecular weight excluding hydrogens is 531 g/mol. The highest BCUT2D eigenvalue weighted by Crippen LogP contribution is 2.20. The summed E-state index contributed by atoms with van der Waals surface area (Å²) in [6.07, 6.45) is 10.9. The molecular formula is C25H41IN4O3. The van der Waals surface area contributed by atoms with Crippen molar-refractivity contribution in [3.8, 4) is 5.75 Å². The number of ether oxygens (including phenoxy) is 2. The molecule has 3 rings (SSSR count). The zero-order chi connectivity index (χ0) is 22.4. The quantitative estimate of drug-likeness (QED) is 0.145. The summed E-state index contributed by atoms with van der Waals surface area (Å²) in [5.41, 5.74) is 1.21. The van der Waals surface area contributed by atoms with Gasteiger partial charge in [-0.25, -0.2) is 0 Å². The Morgan fingerprint density at radius 2 is 1.82 bits per heavy atom. The number of halogens is 1. The van der Waals surface area contributed by atoms with Crippen LogP contribution in [0.15, 0.2) is 29.3 Å². The molecule has 0 atom stereocenters. The van der Waals surface area contributed by atoms with Gasteiger partial charge in [-0.1, -0.05) is 31.4 Å². The molecule has 8 heteroatoms. The molecule has 1 amide bonds. The molecule has 0 saturated heterocycles. The predicted octanol–water partition coefficient (Wildman–Crippen LogP) is 3.80. The summed E-state index contributed by atoms with van der Waals surface area (Å²) in [7, 11) is 0. The highest BCUT2D eigenvalue weighted by atomic mass is 127. The molecule has 0 bridgehead atoms. The second-order valence-corrected chi connectivity index (χ2v) is 8.70. The standard InChI is InChI=1S/C25H40N4O3.HI/c1-2-26-25(27-16-6-18-31-22-7-4-3-5-8-22)28-17-15-20-9-13-23(14-10-20)32-19-24(30)29-21-11-12-21;/h9-10,13-14,21-22H,2-8,11-12,15-19H2,1H3,(H,29,30)(H2,26,27,28);1H. The maximum atomic E-state index is 11.7. The van der Waals surface area contributed by atoms with Gasteiger partial charge < -0.3 is 25.4 Å². The van der Waals surface area contributed by atoms with Crippen molar-refractivity contribution in [1.82, 2.24) is 16.0 Å². The van der Waals surface area contributed by atoms with Crippen molar-refractivity contribution in [2.45, 2.75) is 76.9 Å². The lowest BCUT2D eigenvalue weighted by atomic mass is 9.98. The third kappa shape index (κ3) is 11.9. The van der Waals surface area contributed by atoms with Gasteiger partial charge in [-0.15, -0.1) is 24.0 Å². The molecule has 2 saturated carbocycles. The zero-order valence-corrected chi connectivity index (χ0v) is 22.3. The van der Waals surface area contributed by atoms with Gasteiger partial charge in [0.2, 0.25) is 0 Å². The predicted molar refractivity (Wildman–Crippen MR) is 144 cm³/mol. The number of carbonyl (C=O) groups excluding carboxylic acids is 1. The Balaban J connectivity index is 0.00000385. The number of nitrogens with zero attached hydrogens (tertiary/aromatic N) is 1. The fourth-order valence-electron chi connectivity index (χ4n) is 3.80. The van der Waals surface area contributed by atoms with Gasteiger partial charge in [-0.2, -0.15) is 0 Å². The van der Waals surface area contributed by atoms with E-state index in [0.29, 0.717) is 12.1 Å². The van der Waals surface area contributed by atoms with Crippen molar-refractivity contribution < 1.29 is 14.3 Å². The van der Waals surface area contributed by atoms with Crippen LogP contribution >= 0.6 is 24.0 Å². The summed E-state index contributed by atoms with van der Waals surface area (Å²) in [4.78, 5) is 16.4. The average Bonchev–Trinajstić information content (AvgIpc) is 3.63. The fourth-order valence-corrected chi connectivity index (χ4v) is 3.80. The first-order valence-electron chi connectivity index (χ1n) is 12.4. The van der Waals surface area contributed by atoms with Gasteiger partial charge in [-0.3, -0.25) is 9.79 Å². The van der Waals surface area contributed by atoms with E-state index in [1.165, 1.54) is 37.7 Å². The molecule has 2 aliphatic carbocycles. The molecule has 7 nitrogen and oxygen atoms in total. The number of amides is 1. The van der Waals surface area contributed by atoms with E-state index in [9.17, 15) is 4.79 Å². The minimum atomic E-state index is -0.0448. The smallest absolute Gasteiger partial charge is 0.258 e. The van der Waals surface area contributed by atoms with E-state index in [4.69, 9.17) is 9.47 Å². The van der Waals surface area contributed by atoms with Crippen LogP contribution in [0.5, 0.6) is 5.75 Å². The molecule has 0 radical (unpaired) electrons. The van der Waals surface area contributed by atoms with E-state index < -0.39 is 0 Å². The van der Waals surface area contributed by atoms with Crippen LogP contribution in [0.1, 0.15) is 63.9 Å². The number of aliphatic imine (C=N–C) groups is 1. The first-order chi connectivity index (χ1) is 15.7. The summed E-state index contributed by atoms with van der Waals surface area (Å²) in [5, 5.41) is 9.63. The Bertz CT molecular complexity index is 704. The topological polar surface area (TPSA) is 84.0 Å². The minimum absolute atomic E-state index is 0. The number of guanidine groups is 1. The minimum Gasteiger partial charge on any atom is -0.484 e. The Hall–Kier alpha value is -1.55. The van der Waals surface area contributed by atoms with E-state index in [-0.39, 0.29) is 36.5 Å². The number of rotatable bonds is 13. The summed E-state index contributed by atoms with van der Waals surface area (Å²) >= 11 is 0. The van der Waals surface area contributed by atoms with Gasteiger partial charge in [0.1, 0.15) is 5.75 Å². The highest BCUT2D eigenvalue weighted by molar-refractivity contribution is 14.0. The molecule has 33 heavy (non-hydrogen) atoms. The van der Waals surface area contributed by atoms with Crippen LogP contribution in [-0.2, 0) is 16.0 Å². The van der Waals surface area contributed by atoms with Crippen LogP contribution in [0.4, 0.5) is 0 Å². The fraction of sp³-hybridized carbons (Fsp3) is 0.680. The van der Waals surface area contributed by atoms with E-state index >= 15 is 0 Å². The monoisotopic (exact) mass is 572 g/mol. The van der Waals surface area contributed by atoms with E-state index in [0.717, 1.165) is 63.6 Å². The number of hydrogen-bond acceptors (Lipinski definition) is 4. The average molecular weight is 573 g/mol. The van der Waals surface area contributed by atoms with Crippen molar-refractivity contribution in [3.05, 3.63) is 29.8 Å². The number of nitrogens with one attached hydrogen (secondary N) is 3. The zero-order valence-electron chi connectivity index (χ0n) is 19.9. The van der Waals surface area contributed by atoms with Crippen LogP contribution in [-0.4, -0.2) is 56.9 Å². The van der Waals surface area contributed by atoms with Gasteiger partial charge >= 0.3 is 0 Å². The second kappa shape index (κ2) is 16.1. The van der Waals surface area contributed by atoms with Gasteiger partial charge in [0.25, 0.3) is 5.91 Å². The van der Waals surface area contributed by atoms with E-state index in [1.54, 1.807) is 0 Å². The number of carbonyl (C=O) groups is 1. The summed E-state index contributed by atoms with van der Waals surface area (Å²) in [5.74, 6) is 1.53. The molecule has 186 valence electrons. The third-order valence-corrected chi connectivity index (χ3v) is 5.76. The molecule has 0 aromatic heterocycles. The van der Waals surface area contributed by atoms with Gasteiger partial charge in [0.15, 0.2) is 12.6 Å². The Morgan fingerprint density at radius 3 is 2.52 bits per heavy atom. The lowest BCUT2D eigenvalue weighted by molar-refractivity contribution is -0.123. The largest absolute Gasteiger partial charge is 0.484 e. The van der Waals surface area contributed by atoms with E-state index in [1.807, 2.05) is 24.3 Å². The summed E-state index contributed by atoms with van der Waals surface area (Å²) in [6.45, 7) is 5.35. The Morgan fingerprint density at radius 1 is 1.06 bits per heavy atom. The van der Waals surface area contributed by atoms with Crippen LogP contribution in [0.25, 0.3) is 0 Å². The van der Waals surface area contributed by atoms with Gasteiger partial charge in [0.05, 0.1) is 6.10 Å². The highest BCUT2D eigenvalue weighted by Gasteiger charge is 2.23. The van der Waals surface area contributed by atoms with Crippen LogP contribution in [0.2, 0.25) is 0 Å². The maximum Gasteiger partial charge on any atom is 0.258 e. The SMILES string of the molecule is CCNC(=NCCCOC1CCCCC1)NCCc1ccc(OCC(=O)NC2CC2)cc1.I. The second-order valence-electron chi connectivity index (χ2n) is 8.70. The lowest BCUT2D eigenvalue weighted by Crippen LogP contribution is -2.38. The molecule has 1 aromatic rings. The first-order valence-corrected chi connectivity index (χ1v) is 12.4. The maximum absolute atomic E-state index is 11.7. The summed E-state index contributed by atoms with van der Waals surface area (Å²) in [6, 6.07) is 8.30. The number of benzene rings is 1. The van der Waals surface area contributed by atoms with Crippen LogP contribution in [0.3, 0.4) is 0 Å². The molecule has 0 spiro atoms. The van der Waals surface area contributed by atoms with Crippen LogP contribution in [0, 0.1) is 0 Å².